The van der Waals surface area contributed by atoms with Crippen LogP contribution in [0.3, 0.4) is 0 Å². The van der Waals surface area contributed by atoms with Gasteiger partial charge in [-0.3, -0.25) is 4.79 Å². The molecule has 9 heteroatoms. The molecule has 0 saturated heterocycles. The number of rotatable bonds is 9. The minimum absolute atomic E-state index is 0.0186. The molecule has 7 nitrogen and oxygen atoms in total. The van der Waals surface area contributed by atoms with Gasteiger partial charge >= 0.3 is 0 Å². The third kappa shape index (κ3) is 5.26. The summed E-state index contributed by atoms with van der Waals surface area (Å²) in [5.74, 6) is 0.0201. The summed E-state index contributed by atoms with van der Waals surface area (Å²) < 4.78 is 38.8. The second kappa shape index (κ2) is 11.2. The van der Waals surface area contributed by atoms with Gasteiger partial charge in [0.25, 0.3) is 0 Å². The monoisotopic (exact) mass is 498 g/mol. The number of halogens is 2. The van der Waals surface area contributed by atoms with E-state index in [-0.39, 0.29) is 52.3 Å². The Bertz CT molecular complexity index is 1230. The lowest BCUT2D eigenvalue weighted by atomic mass is 9.78. The second-order valence-electron chi connectivity index (χ2n) is 9.17. The van der Waals surface area contributed by atoms with E-state index in [1.807, 2.05) is 6.92 Å². The van der Waals surface area contributed by atoms with E-state index in [0.29, 0.717) is 49.9 Å². The quantitative estimate of drug-likeness (QED) is 0.424. The van der Waals surface area contributed by atoms with Gasteiger partial charge in [-0.25, -0.2) is 18.7 Å². The summed E-state index contributed by atoms with van der Waals surface area (Å²) in [5.41, 5.74) is 7.17. The van der Waals surface area contributed by atoms with Gasteiger partial charge in [-0.05, 0) is 56.0 Å². The number of hydrogen-bond donors (Lipinski definition) is 2. The molecule has 1 saturated carbocycles. The van der Waals surface area contributed by atoms with E-state index in [9.17, 15) is 9.18 Å². The fourth-order valence-corrected chi connectivity index (χ4v) is 5.04. The highest BCUT2D eigenvalue weighted by Gasteiger charge is 2.31. The first-order valence-electron chi connectivity index (χ1n) is 12.2. The molecule has 2 aromatic carbocycles. The zero-order chi connectivity index (χ0) is 25.8. The highest BCUT2D eigenvalue weighted by atomic mass is 19.1. The molecule has 1 aliphatic carbocycles. The maximum atomic E-state index is 15.1. The van der Waals surface area contributed by atoms with Gasteiger partial charge in [0, 0.05) is 29.7 Å². The molecule has 36 heavy (non-hydrogen) atoms. The van der Waals surface area contributed by atoms with Gasteiger partial charge in [-0.2, -0.15) is 0 Å². The molecular formula is C27H32F2N4O3. The molecule has 192 valence electrons. The first-order chi connectivity index (χ1) is 17.4. The van der Waals surface area contributed by atoms with Gasteiger partial charge in [0.15, 0.2) is 17.3 Å². The smallest absolute Gasteiger partial charge is 0.199 e. The predicted molar refractivity (Wildman–Crippen MR) is 134 cm³/mol. The number of nitrogens with two attached hydrogens (primary N) is 1. The highest BCUT2D eigenvalue weighted by Crippen LogP contribution is 2.40. The van der Waals surface area contributed by atoms with E-state index < -0.39 is 5.82 Å². The standard InChI is InChI=1S/C27H32F2N4O3/c1-4-31-20(15-9-11-18(28)12-10-15)14-21(34)16-5-7-17(8-6-16)27-32-24-19(26(30)33-27)13-22(35-2)25(36-3)23(24)29/h9-13,16-17,20,31H,4-8,14H2,1-3H3,(H2,30,32,33)/t16-,17+,20-/m1/s1. The number of fused-ring (bicyclic) bond motifs is 1. The number of nitrogens with one attached hydrogen (secondary N) is 1. The van der Waals surface area contributed by atoms with Gasteiger partial charge in [0.05, 0.1) is 14.2 Å². The van der Waals surface area contributed by atoms with Crippen molar-refractivity contribution in [2.75, 3.05) is 26.5 Å². The molecule has 0 bridgehead atoms. The van der Waals surface area contributed by atoms with Crippen molar-refractivity contribution in [2.45, 2.75) is 51.0 Å². The van der Waals surface area contributed by atoms with Crippen LogP contribution in [0.4, 0.5) is 14.6 Å². The molecule has 0 unspecified atom stereocenters. The first-order valence-corrected chi connectivity index (χ1v) is 12.2. The largest absolute Gasteiger partial charge is 0.493 e. The Morgan fingerprint density at radius 1 is 1.11 bits per heavy atom. The molecule has 0 radical (unpaired) electrons. The molecule has 4 rings (SSSR count). The number of Topliss-reactive ketones (excluding diaryl/α,β-unsaturated/α-hetero) is 1. The lowest BCUT2D eigenvalue weighted by Crippen LogP contribution is -2.28. The number of ketones is 1. The number of benzene rings is 2. The van der Waals surface area contributed by atoms with Crippen molar-refractivity contribution in [3.63, 3.8) is 0 Å². The van der Waals surface area contributed by atoms with Crippen molar-refractivity contribution in [1.82, 2.24) is 15.3 Å². The third-order valence-corrected chi connectivity index (χ3v) is 7.00. The van der Waals surface area contributed by atoms with Crippen LogP contribution in [-0.2, 0) is 4.79 Å². The minimum Gasteiger partial charge on any atom is -0.493 e. The van der Waals surface area contributed by atoms with Gasteiger partial charge in [-0.1, -0.05) is 19.1 Å². The summed E-state index contributed by atoms with van der Waals surface area (Å²) in [7, 11) is 2.79. The number of hydrogen-bond acceptors (Lipinski definition) is 7. The van der Waals surface area contributed by atoms with Gasteiger partial charge in [0.2, 0.25) is 0 Å². The van der Waals surface area contributed by atoms with Gasteiger partial charge in [-0.15, -0.1) is 0 Å². The fraction of sp³-hybridized carbons (Fsp3) is 0.444. The highest BCUT2D eigenvalue weighted by molar-refractivity contribution is 5.91. The zero-order valence-electron chi connectivity index (χ0n) is 20.8. The predicted octanol–water partition coefficient (Wildman–Crippen LogP) is 5.09. The number of methoxy groups -OCH3 is 2. The van der Waals surface area contributed by atoms with E-state index in [4.69, 9.17) is 15.2 Å². The number of aromatic nitrogens is 2. The topological polar surface area (TPSA) is 99.4 Å². The van der Waals surface area contributed by atoms with Crippen LogP contribution in [-0.4, -0.2) is 36.5 Å². The average molecular weight is 499 g/mol. The van der Waals surface area contributed by atoms with Gasteiger partial charge in [0.1, 0.15) is 28.8 Å². The van der Waals surface area contributed by atoms with Crippen LogP contribution in [0.5, 0.6) is 11.5 Å². The minimum atomic E-state index is -0.638. The maximum absolute atomic E-state index is 15.1. The summed E-state index contributed by atoms with van der Waals surface area (Å²) in [6, 6.07) is 7.70. The number of carbonyl (C=O) groups excluding carboxylic acids is 1. The van der Waals surface area contributed by atoms with Crippen LogP contribution >= 0.6 is 0 Å². The summed E-state index contributed by atoms with van der Waals surface area (Å²) in [5, 5.41) is 3.71. The van der Waals surface area contributed by atoms with Gasteiger partial charge < -0.3 is 20.5 Å². The van der Waals surface area contributed by atoms with E-state index in [2.05, 4.69) is 15.3 Å². The summed E-state index contributed by atoms with van der Waals surface area (Å²) in [6.07, 6.45) is 3.15. The lowest BCUT2D eigenvalue weighted by Gasteiger charge is -2.28. The molecule has 0 amide bonds. The number of nitrogen functional groups attached to an aromatic ring is 1. The van der Waals surface area contributed by atoms with Crippen molar-refractivity contribution in [2.24, 2.45) is 5.92 Å². The third-order valence-electron chi connectivity index (χ3n) is 7.00. The fourth-order valence-electron chi connectivity index (χ4n) is 5.04. The number of nitrogens with zero attached hydrogens (tertiary/aromatic N) is 2. The zero-order valence-corrected chi connectivity index (χ0v) is 20.8. The Hall–Kier alpha value is -3.33. The van der Waals surface area contributed by atoms with E-state index in [1.54, 1.807) is 18.2 Å². The van der Waals surface area contributed by atoms with E-state index in [0.717, 1.165) is 5.56 Å². The Labute approximate surface area is 209 Å². The van der Waals surface area contributed by atoms with E-state index in [1.165, 1.54) is 26.4 Å². The summed E-state index contributed by atoms with van der Waals surface area (Å²) in [6.45, 7) is 2.69. The van der Waals surface area contributed by atoms with Crippen LogP contribution < -0.4 is 20.5 Å². The Kier molecular flexibility index (Phi) is 7.98. The van der Waals surface area contributed by atoms with Crippen molar-refractivity contribution in [3.8, 4) is 11.5 Å². The van der Waals surface area contributed by atoms with Crippen LogP contribution in [0.1, 0.15) is 62.4 Å². The number of anilines is 1. The number of ether oxygens (including phenoxy) is 2. The Morgan fingerprint density at radius 2 is 1.81 bits per heavy atom. The van der Waals surface area contributed by atoms with E-state index >= 15 is 4.39 Å². The number of carbonyl (C=O) groups is 1. The van der Waals surface area contributed by atoms with Crippen LogP contribution in [0.2, 0.25) is 0 Å². The molecule has 3 aromatic rings. The molecule has 1 fully saturated rings. The molecular weight excluding hydrogens is 466 g/mol. The lowest BCUT2D eigenvalue weighted by molar-refractivity contribution is -0.124. The first kappa shape index (κ1) is 25.8. The molecule has 1 atom stereocenters. The molecule has 1 aliphatic rings. The molecule has 1 heterocycles. The summed E-state index contributed by atoms with van der Waals surface area (Å²) in [4.78, 5) is 22.1. The molecule has 0 spiro atoms. The normalized spacial score (nSPS) is 18.7. The van der Waals surface area contributed by atoms with Crippen molar-refractivity contribution < 1.29 is 23.0 Å². The second-order valence-corrected chi connectivity index (χ2v) is 9.17. The van der Waals surface area contributed by atoms with Crippen LogP contribution in [0.15, 0.2) is 30.3 Å². The molecule has 0 aliphatic heterocycles. The SMILES string of the molecule is CCN[C@H](CC(=O)[C@H]1CC[C@@H](c2nc(N)c3cc(OC)c(OC)c(F)c3n2)CC1)c1ccc(F)cc1. The van der Waals surface area contributed by atoms with Crippen LogP contribution in [0, 0.1) is 17.6 Å². The molecule has 1 aromatic heterocycles. The maximum Gasteiger partial charge on any atom is 0.199 e. The Balaban J connectivity index is 1.47. The van der Waals surface area contributed by atoms with Crippen molar-refractivity contribution >= 4 is 22.5 Å². The van der Waals surface area contributed by atoms with Crippen LogP contribution in [0.25, 0.3) is 10.9 Å². The molecule has 3 N–H and O–H groups in total. The summed E-state index contributed by atoms with van der Waals surface area (Å²) >= 11 is 0. The Morgan fingerprint density at radius 3 is 2.42 bits per heavy atom. The van der Waals surface area contributed by atoms with Crippen molar-refractivity contribution in [3.05, 3.63) is 53.4 Å². The van der Waals surface area contributed by atoms with Crippen molar-refractivity contribution in [1.29, 1.82) is 0 Å². The average Bonchev–Trinajstić information content (AvgIpc) is 2.89.